The van der Waals surface area contributed by atoms with Crippen molar-refractivity contribution >= 4 is 47.4 Å². The van der Waals surface area contributed by atoms with E-state index in [-0.39, 0.29) is 25.3 Å². The summed E-state index contributed by atoms with van der Waals surface area (Å²) < 4.78 is 0. The van der Waals surface area contributed by atoms with Gasteiger partial charge in [-0.15, -0.1) is 0 Å². The Labute approximate surface area is 268 Å². The van der Waals surface area contributed by atoms with Crippen LogP contribution in [-0.4, -0.2) is 127 Å². The molecule has 1 saturated heterocycles. The van der Waals surface area contributed by atoms with Gasteiger partial charge < -0.3 is 75.7 Å². The number of hydrogen-bond acceptors (Lipinski definition) is 14. The number of unbranched alkanes of at least 4 members (excludes halogenated alkanes) is 1. The summed E-state index contributed by atoms with van der Waals surface area (Å²) >= 11 is 0. The minimum absolute atomic E-state index is 0.0420. The molecule has 6 unspecified atom stereocenters. The number of rotatable bonds is 10. The third-order valence-corrected chi connectivity index (χ3v) is 6.94. The van der Waals surface area contributed by atoms with Crippen molar-refractivity contribution in [2.45, 2.75) is 61.9 Å². The summed E-state index contributed by atoms with van der Waals surface area (Å²) in [6.45, 7) is -2.06. The summed E-state index contributed by atoms with van der Waals surface area (Å²) in [4.78, 5) is 94.3. The lowest BCUT2D eigenvalue weighted by molar-refractivity contribution is -0.135. The molecule has 2 aliphatic heterocycles. The zero-order chi connectivity index (χ0) is 35.1. The first-order valence-electron chi connectivity index (χ1n) is 14.6. The second-order valence-electron chi connectivity index (χ2n) is 10.5. The van der Waals surface area contributed by atoms with Gasteiger partial charge in [0.25, 0.3) is 5.91 Å². The van der Waals surface area contributed by atoms with Gasteiger partial charge in [0.1, 0.15) is 29.9 Å². The SMILES string of the molecule is NCCCCC(N)C(=O)NC1CNC(=O)C(C2CCN=C(N)N2)NC(=O)C(=CNC(N)=O)NC(=O)C(CO)NC(=O)C(CO)NC1=O. The number of guanidine groups is 1. The summed E-state index contributed by atoms with van der Waals surface area (Å²) in [5.74, 6) is -6.19. The number of aliphatic hydroxyl groups is 2. The van der Waals surface area contributed by atoms with E-state index in [2.05, 4.69) is 42.2 Å². The molecule has 6 atom stereocenters. The lowest BCUT2D eigenvalue weighted by atomic mass is 10.0. The van der Waals surface area contributed by atoms with Crippen LogP contribution in [0.25, 0.3) is 0 Å². The van der Waals surface area contributed by atoms with Crippen molar-refractivity contribution in [1.82, 2.24) is 42.5 Å². The number of primary amides is 1. The van der Waals surface area contributed by atoms with Crippen molar-refractivity contribution in [1.29, 1.82) is 0 Å². The standard InChI is InChI=1S/C25H43N13O9/c26-5-2-1-3-11(27)18(41)33-13-7-31-23(46)17(12-4-6-30-24(28)37-12)38-20(43)14(8-32-25(29)47)34-21(44)15(9-39)36-22(45)16(10-40)35-19(13)42/h8,11-13,15-17,39-40H,1-7,9-10,26-27H2,(H,31,46)(H,33,41)(H,34,44)(H,35,42)(H,36,45)(H,38,43)(H3,28,30,37)(H3,29,32,47). The molecule has 0 aromatic rings. The summed E-state index contributed by atoms with van der Waals surface area (Å²) in [5.41, 5.74) is 21.6. The second-order valence-corrected chi connectivity index (χ2v) is 10.5. The summed E-state index contributed by atoms with van der Waals surface area (Å²) in [6, 6.07) is -9.54. The Morgan fingerprint density at radius 2 is 1.62 bits per heavy atom. The number of carbonyl (C=O) groups excluding carboxylic acids is 7. The Hall–Kier alpha value is -5.06. The van der Waals surface area contributed by atoms with Crippen LogP contribution in [0.3, 0.4) is 0 Å². The van der Waals surface area contributed by atoms with Gasteiger partial charge in [0.2, 0.25) is 29.5 Å². The maximum Gasteiger partial charge on any atom is 0.316 e. The number of urea groups is 1. The summed E-state index contributed by atoms with van der Waals surface area (Å²) in [5, 5.41) is 38.1. The molecule has 0 saturated carbocycles. The van der Waals surface area contributed by atoms with Crippen molar-refractivity contribution in [2.24, 2.45) is 27.9 Å². The summed E-state index contributed by atoms with van der Waals surface area (Å²) in [7, 11) is 0. The Morgan fingerprint density at radius 3 is 2.23 bits per heavy atom. The van der Waals surface area contributed by atoms with Crippen LogP contribution < -0.4 is 65.5 Å². The summed E-state index contributed by atoms with van der Waals surface area (Å²) in [6.07, 6.45) is 2.22. The van der Waals surface area contributed by atoms with Crippen molar-refractivity contribution in [3.05, 3.63) is 11.9 Å². The number of nitrogens with zero attached hydrogens (tertiary/aromatic N) is 1. The van der Waals surface area contributed by atoms with Crippen molar-refractivity contribution < 1.29 is 43.8 Å². The van der Waals surface area contributed by atoms with Crippen molar-refractivity contribution in [3.63, 3.8) is 0 Å². The molecule has 0 bridgehead atoms. The molecule has 18 N–H and O–H groups in total. The van der Waals surface area contributed by atoms with Crippen LogP contribution >= 0.6 is 0 Å². The molecule has 0 aromatic heterocycles. The molecule has 262 valence electrons. The van der Waals surface area contributed by atoms with E-state index >= 15 is 0 Å². The first-order valence-corrected chi connectivity index (χ1v) is 14.6. The quantitative estimate of drug-likeness (QED) is 0.0760. The molecule has 2 aliphatic rings. The minimum atomic E-state index is -1.75. The number of aliphatic imine (C=N–C) groups is 1. The highest BCUT2D eigenvalue weighted by Crippen LogP contribution is 2.07. The molecule has 1 fully saturated rings. The molecule has 0 radical (unpaired) electrons. The lowest BCUT2D eigenvalue weighted by Crippen LogP contribution is -2.64. The van der Waals surface area contributed by atoms with E-state index < -0.39 is 103 Å². The molecular formula is C25H43N13O9. The average molecular weight is 670 g/mol. The maximum absolute atomic E-state index is 13.6. The Morgan fingerprint density at radius 1 is 0.957 bits per heavy atom. The average Bonchev–Trinajstić information content (AvgIpc) is 3.03. The van der Waals surface area contributed by atoms with Gasteiger partial charge in [-0.05, 0) is 25.8 Å². The van der Waals surface area contributed by atoms with Gasteiger partial charge in [-0.3, -0.25) is 33.8 Å². The lowest BCUT2D eigenvalue weighted by Gasteiger charge is -2.31. The predicted molar refractivity (Wildman–Crippen MR) is 163 cm³/mol. The van der Waals surface area contributed by atoms with Crippen LogP contribution in [-0.2, 0) is 28.8 Å². The largest absolute Gasteiger partial charge is 0.394 e. The highest BCUT2D eigenvalue weighted by Gasteiger charge is 2.36. The van der Waals surface area contributed by atoms with Gasteiger partial charge in [0.05, 0.1) is 25.3 Å². The van der Waals surface area contributed by atoms with E-state index in [0.29, 0.717) is 25.6 Å². The third-order valence-electron chi connectivity index (χ3n) is 6.94. The molecule has 0 aromatic carbocycles. The molecule has 2 heterocycles. The molecule has 2 rings (SSSR count). The fourth-order valence-electron chi connectivity index (χ4n) is 4.34. The van der Waals surface area contributed by atoms with E-state index in [0.717, 1.165) is 0 Å². The van der Waals surface area contributed by atoms with Gasteiger partial charge in [0, 0.05) is 19.3 Å². The van der Waals surface area contributed by atoms with Crippen LogP contribution in [0.1, 0.15) is 25.7 Å². The van der Waals surface area contributed by atoms with E-state index in [1.165, 1.54) is 0 Å². The van der Waals surface area contributed by atoms with E-state index in [1.54, 1.807) is 0 Å². The topological polar surface area (TPSA) is 373 Å². The maximum atomic E-state index is 13.6. The fourth-order valence-corrected chi connectivity index (χ4v) is 4.34. The minimum Gasteiger partial charge on any atom is -0.394 e. The number of aliphatic hydroxyl groups excluding tert-OH is 2. The number of carbonyl (C=O) groups is 7. The predicted octanol–water partition coefficient (Wildman–Crippen LogP) is -8.20. The third kappa shape index (κ3) is 12.0. The monoisotopic (exact) mass is 669 g/mol. The van der Waals surface area contributed by atoms with Gasteiger partial charge in [-0.1, -0.05) is 6.42 Å². The number of nitrogens with two attached hydrogens (primary N) is 4. The highest BCUT2D eigenvalue weighted by atomic mass is 16.3. The van der Waals surface area contributed by atoms with Gasteiger partial charge >= 0.3 is 6.03 Å². The van der Waals surface area contributed by atoms with Crippen LogP contribution in [0.5, 0.6) is 0 Å². The van der Waals surface area contributed by atoms with Crippen LogP contribution in [0.15, 0.2) is 16.9 Å². The first kappa shape index (κ1) is 38.1. The molecule has 47 heavy (non-hydrogen) atoms. The number of nitrogens with one attached hydrogen (secondary N) is 8. The number of amides is 8. The van der Waals surface area contributed by atoms with Crippen molar-refractivity contribution in [2.75, 3.05) is 32.8 Å². The molecule has 0 aliphatic carbocycles. The van der Waals surface area contributed by atoms with Gasteiger partial charge in [-0.25, -0.2) is 4.79 Å². The van der Waals surface area contributed by atoms with Gasteiger partial charge in [-0.2, -0.15) is 0 Å². The first-order chi connectivity index (χ1) is 22.3. The van der Waals surface area contributed by atoms with E-state index in [9.17, 15) is 43.8 Å². The zero-order valence-electron chi connectivity index (χ0n) is 25.4. The Balaban J connectivity index is 2.52. The smallest absolute Gasteiger partial charge is 0.316 e. The Bertz CT molecular complexity index is 1240. The van der Waals surface area contributed by atoms with Crippen LogP contribution in [0, 0.1) is 0 Å². The number of hydrogen-bond donors (Lipinski definition) is 14. The fraction of sp³-hybridized carbons (Fsp3) is 0.600. The molecule has 0 spiro atoms. The Kier molecular flexibility index (Phi) is 15.2. The molecule has 8 amide bonds. The molecular weight excluding hydrogens is 626 g/mol. The second kappa shape index (κ2) is 18.8. The van der Waals surface area contributed by atoms with Crippen molar-refractivity contribution in [3.8, 4) is 0 Å². The van der Waals surface area contributed by atoms with E-state index in [1.807, 2.05) is 5.32 Å². The molecule has 22 nitrogen and oxygen atoms in total. The normalized spacial score (nSPS) is 26.3. The van der Waals surface area contributed by atoms with Crippen LogP contribution in [0.2, 0.25) is 0 Å². The molecule has 22 heteroatoms. The van der Waals surface area contributed by atoms with E-state index in [4.69, 9.17) is 22.9 Å². The van der Waals surface area contributed by atoms with Gasteiger partial charge in [0.15, 0.2) is 5.96 Å². The zero-order valence-corrected chi connectivity index (χ0v) is 25.4. The highest BCUT2D eigenvalue weighted by molar-refractivity contribution is 6.02. The van der Waals surface area contributed by atoms with Crippen LogP contribution in [0.4, 0.5) is 4.79 Å².